The lowest BCUT2D eigenvalue weighted by Crippen LogP contribution is -2.41. The fraction of sp³-hybridized carbons (Fsp3) is 0.625. The summed E-state index contributed by atoms with van der Waals surface area (Å²) in [6.45, 7) is 11.3. The molecule has 0 saturated carbocycles. The van der Waals surface area contributed by atoms with E-state index < -0.39 is 5.67 Å². The number of alkyl halides is 1. The van der Waals surface area contributed by atoms with E-state index in [2.05, 4.69) is 0 Å². The van der Waals surface area contributed by atoms with Crippen molar-refractivity contribution >= 4 is 12.6 Å². The Balaban J connectivity index is 2.12. The average molecular weight is 278 g/mol. The molecule has 2 rings (SSSR count). The second-order valence-corrected chi connectivity index (χ2v) is 7.23. The Bertz CT molecular complexity index is 458. The van der Waals surface area contributed by atoms with Crippen molar-refractivity contribution in [3.63, 3.8) is 0 Å². The van der Waals surface area contributed by atoms with Crippen LogP contribution >= 0.6 is 0 Å². The molecule has 1 saturated heterocycles. The molecular weight excluding hydrogens is 254 g/mol. The molecule has 0 atom stereocenters. The standard InChI is InChI=1S/C16H24BFO2/c1-14(2,18)11-12-7-9-13(10-8-12)17-19-15(3,4)16(5,6)20-17/h7-10H,11H2,1-6H3. The summed E-state index contributed by atoms with van der Waals surface area (Å²) in [4.78, 5) is 0. The zero-order chi connectivity index (χ0) is 15.2. The van der Waals surface area contributed by atoms with Gasteiger partial charge in [0.2, 0.25) is 0 Å². The number of halogens is 1. The Morgan fingerprint density at radius 3 is 1.85 bits per heavy atom. The van der Waals surface area contributed by atoms with Crippen molar-refractivity contribution in [1.29, 1.82) is 0 Å². The summed E-state index contributed by atoms with van der Waals surface area (Å²) in [7, 11) is -0.354. The fourth-order valence-electron chi connectivity index (χ4n) is 2.26. The Hall–Kier alpha value is -0.865. The third-order valence-electron chi connectivity index (χ3n) is 4.13. The van der Waals surface area contributed by atoms with E-state index in [4.69, 9.17) is 9.31 Å². The van der Waals surface area contributed by atoms with E-state index in [1.807, 2.05) is 52.0 Å². The molecule has 0 N–H and O–H groups in total. The number of benzene rings is 1. The summed E-state index contributed by atoms with van der Waals surface area (Å²) in [5.74, 6) is 0. The topological polar surface area (TPSA) is 18.5 Å². The molecule has 110 valence electrons. The molecule has 1 aromatic carbocycles. The van der Waals surface area contributed by atoms with Crippen molar-refractivity contribution in [1.82, 2.24) is 0 Å². The first kappa shape index (κ1) is 15.5. The van der Waals surface area contributed by atoms with Crippen LogP contribution in [0.1, 0.15) is 47.1 Å². The molecule has 20 heavy (non-hydrogen) atoms. The van der Waals surface area contributed by atoms with Crippen molar-refractivity contribution in [2.24, 2.45) is 0 Å². The normalized spacial score (nSPS) is 21.2. The summed E-state index contributed by atoms with van der Waals surface area (Å²) < 4.78 is 25.6. The van der Waals surface area contributed by atoms with Crippen LogP contribution in [0.5, 0.6) is 0 Å². The van der Waals surface area contributed by atoms with Crippen LogP contribution in [-0.4, -0.2) is 24.0 Å². The largest absolute Gasteiger partial charge is 0.494 e. The summed E-state index contributed by atoms with van der Waals surface area (Å²) >= 11 is 0. The van der Waals surface area contributed by atoms with Crippen molar-refractivity contribution in [3.05, 3.63) is 29.8 Å². The first-order valence-electron chi connectivity index (χ1n) is 7.14. The van der Waals surface area contributed by atoms with E-state index in [1.165, 1.54) is 0 Å². The summed E-state index contributed by atoms with van der Waals surface area (Å²) in [5.41, 5.74) is 0.0993. The zero-order valence-electron chi connectivity index (χ0n) is 13.3. The fourth-order valence-corrected chi connectivity index (χ4v) is 2.26. The Morgan fingerprint density at radius 1 is 1.00 bits per heavy atom. The first-order valence-corrected chi connectivity index (χ1v) is 7.14. The maximum absolute atomic E-state index is 13.6. The smallest absolute Gasteiger partial charge is 0.399 e. The molecule has 1 aromatic rings. The molecule has 0 amide bonds. The lowest BCUT2D eigenvalue weighted by atomic mass is 9.78. The summed E-state index contributed by atoms with van der Waals surface area (Å²) in [6, 6.07) is 7.82. The molecule has 1 fully saturated rings. The predicted molar refractivity (Wildman–Crippen MR) is 81.0 cm³/mol. The Labute approximate surface area is 121 Å². The predicted octanol–water partition coefficient (Wildman–Crippen LogP) is 3.28. The second-order valence-electron chi connectivity index (χ2n) is 7.23. The summed E-state index contributed by atoms with van der Waals surface area (Å²) in [6.07, 6.45) is 0.413. The highest BCUT2D eigenvalue weighted by Crippen LogP contribution is 2.36. The minimum atomic E-state index is -1.19. The second kappa shape index (κ2) is 4.85. The molecule has 1 heterocycles. The van der Waals surface area contributed by atoms with Crippen LogP contribution in [0.2, 0.25) is 0 Å². The molecule has 4 heteroatoms. The van der Waals surface area contributed by atoms with Gasteiger partial charge in [-0.3, -0.25) is 0 Å². The molecule has 1 aliphatic rings. The van der Waals surface area contributed by atoms with Gasteiger partial charge in [-0.15, -0.1) is 0 Å². The van der Waals surface area contributed by atoms with Crippen LogP contribution in [0.25, 0.3) is 0 Å². The first-order chi connectivity index (χ1) is 9.00. The van der Waals surface area contributed by atoms with Gasteiger partial charge in [-0.25, -0.2) is 4.39 Å². The van der Waals surface area contributed by atoms with Gasteiger partial charge >= 0.3 is 7.12 Å². The molecular formula is C16H24BFO2. The van der Waals surface area contributed by atoms with Gasteiger partial charge in [-0.2, -0.15) is 0 Å². The van der Waals surface area contributed by atoms with E-state index in [0.29, 0.717) is 6.42 Å². The van der Waals surface area contributed by atoms with Crippen LogP contribution in [0.4, 0.5) is 4.39 Å². The molecule has 0 unspecified atom stereocenters. The van der Waals surface area contributed by atoms with Gasteiger partial charge < -0.3 is 9.31 Å². The van der Waals surface area contributed by atoms with Gasteiger partial charge in [0.1, 0.15) is 5.67 Å². The molecule has 0 aromatic heterocycles. The maximum Gasteiger partial charge on any atom is 0.494 e. The zero-order valence-corrected chi connectivity index (χ0v) is 13.3. The maximum atomic E-state index is 13.6. The molecule has 2 nitrogen and oxygen atoms in total. The number of hydrogen-bond donors (Lipinski definition) is 0. The molecule has 0 bridgehead atoms. The van der Waals surface area contributed by atoms with E-state index in [1.54, 1.807) is 13.8 Å². The van der Waals surface area contributed by atoms with E-state index in [-0.39, 0.29) is 18.3 Å². The molecule has 0 aliphatic carbocycles. The highest BCUT2D eigenvalue weighted by atomic mass is 19.1. The SMILES string of the molecule is CC(C)(F)Cc1ccc(B2OC(C)(C)C(C)(C)O2)cc1. The van der Waals surface area contributed by atoms with Crippen LogP contribution in [0.15, 0.2) is 24.3 Å². The third kappa shape index (κ3) is 3.23. The van der Waals surface area contributed by atoms with Crippen molar-refractivity contribution < 1.29 is 13.7 Å². The quantitative estimate of drug-likeness (QED) is 0.790. The monoisotopic (exact) mass is 278 g/mol. The number of rotatable bonds is 3. The molecule has 1 aliphatic heterocycles. The highest BCUT2D eigenvalue weighted by Gasteiger charge is 2.51. The van der Waals surface area contributed by atoms with Gasteiger partial charge in [0, 0.05) is 6.42 Å². The average Bonchev–Trinajstić information content (AvgIpc) is 2.47. The lowest BCUT2D eigenvalue weighted by molar-refractivity contribution is 0.00578. The van der Waals surface area contributed by atoms with Crippen LogP contribution in [0, 0.1) is 0 Å². The van der Waals surface area contributed by atoms with Crippen LogP contribution in [0.3, 0.4) is 0 Å². The van der Waals surface area contributed by atoms with Crippen molar-refractivity contribution in [3.8, 4) is 0 Å². The Kier molecular flexibility index (Phi) is 3.76. The van der Waals surface area contributed by atoms with E-state index in [9.17, 15) is 4.39 Å². The minimum absolute atomic E-state index is 0.336. The Morgan fingerprint density at radius 2 is 1.45 bits per heavy atom. The highest BCUT2D eigenvalue weighted by molar-refractivity contribution is 6.62. The van der Waals surface area contributed by atoms with Gasteiger partial charge in [0.05, 0.1) is 11.2 Å². The minimum Gasteiger partial charge on any atom is -0.399 e. The van der Waals surface area contributed by atoms with Crippen molar-refractivity contribution in [2.75, 3.05) is 0 Å². The van der Waals surface area contributed by atoms with Gasteiger partial charge in [0.25, 0.3) is 0 Å². The molecule has 0 radical (unpaired) electrons. The number of hydrogen-bond acceptors (Lipinski definition) is 2. The lowest BCUT2D eigenvalue weighted by Gasteiger charge is -2.32. The van der Waals surface area contributed by atoms with E-state index in [0.717, 1.165) is 11.0 Å². The third-order valence-corrected chi connectivity index (χ3v) is 4.13. The van der Waals surface area contributed by atoms with Gasteiger partial charge in [0.15, 0.2) is 0 Å². The van der Waals surface area contributed by atoms with Gasteiger partial charge in [-0.1, -0.05) is 24.3 Å². The van der Waals surface area contributed by atoms with E-state index >= 15 is 0 Å². The van der Waals surface area contributed by atoms with Crippen LogP contribution < -0.4 is 5.46 Å². The summed E-state index contributed by atoms with van der Waals surface area (Å²) in [5, 5.41) is 0. The van der Waals surface area contributed by atoms with Gasteiger partial charge in [-0.05, 0) is 52.6 Å². The van der Waals surface area contributed by atoms with Crippen molar-refractivity contribution in [2.45, 2.75) is 64.8 Å². The van der Waals surface area contributed by atoms with Crippen LogP contribution in [-0.2, 0) is 15.7 Å². The molecule has 0 spiro atoms.